The van der Waals surface area contributed by atoms with Crippen LogP contribution in [-0.4, -0.2) is 47.5 Å². The number of carboxylic acids is 1. The van der Waals surface area contributed by atoms with Crippen LogP contribution in [0.2, 0.25) is 0 Å². The Morgan fingerprint density at radius 3 is 2.43 bits per heavy atom. The van der Waals surface area contributed by atoms with Crippen molar-refractivity contribution < 1.29 is 19.5 Å². The Morgan fingerprint density at radius 1 is 1.33 bits per heavy atom. The Morgan fingerprint density at radius 2 is 1.95 bits per heavy atom. The Bertz CT molecular complexity index is 407. The third kappa shape index (κ3) is 4.09. The molecule has 120 valence electrons. The van der Waals surface area contributed by atoms with Crippen molar-refractivity contribution in [2.75, 3.05) is 19.6 Å². The van der Waals surface area contributed by atoms with Crippen molar-refractivity contribution in [2.24, 2.45) is 17.1 Å². The van der Waals surface area contributed by atoms with Gasteiger partial charge >= 0.3 is 12.0 Å². The van der Waals surface area contributed by atoms with Crippen molar-refractivity contribution in [1.29, 1.82) is 0 Å². The zero-order valence-corrected chi connectivity index (χ0v) is 12.7. The van der Waals surface area contributed by atoms with Gasteiger partial charge in [0.1, 0.15) is 0 Å². The number of nitrogens with two attached hydrogens (primary N) is 1. The van der Waals surface area contributed by atoms with Crippen LogP contribution in [0.25, 0.3) is 0 Å². The molecule has 1 saturated heterocycles. The first kappa shape index (κ1) is 17.3. The number of nitrogens with one attached hydrogen (secondary N) is 1. The monoisotopic (exact) mass is 299 g/mol. The minimum absolute atomic E-state index is 0.0892. The Labute approximate surface area is 124 Å². The second-order valence-electron chi connectivity index (χ2n) is 5.64. The van der Waals surface area contributed by atoms with E-state index in [0.717, 1.165) is 6.42 Å². The second-order valence-corrected chi connectivity index (χ2v) is 5.64. The Hall–Kier alpha value is -1.79. The first-order chi connectivity index (χ1) is 9.86. The summed E-state index contributed by atoms with van der Waals surface area (Å²) in [4.78, 5) is 36.3. The van der Waals surface area contributed by atoms with E-state index in [1.807, 2.05) is 0 Å². The maximum absolute atomic E-state index is 12.1. The lowest BCUT2D eigenvalue weighted by Crippen LogP contribution is -2.51. The van der Waals surface area contributed by atoms with Crippen molar-refractivity contribution in [2.45, 2.75) is 39.5 Å². The topological polar surface area (TPSA) is 113 Å². The molecule has 1 atom stereocenters. The number of carbonyl (C=O) groups excluding carboxylic acids is 2. The van der Waals surface area contributed by atoms with Gasteiger partial charge in [0, 0.05) is 19.6 Å². The number of carbonyl (C=O) groups is 3. The van der Waals surface area contributed by atoms with Crippen molar-refractivity contribution in [1.82, 2.24) is 10.2 Å². The van der Waals surface area contributed by atoms with E-state index in [-0.39, 0.29) is 18.5 Å². The first-order valence-electron chi connectivity index (χ1n) is 7.41. The van der Waals surface area contributed by atoms with Crippen LogP contribution in [0, 0.1) is 11.3 Å². The zero-order chi connectivity index (χ0) is 16.0. The molecule has 21 heavy (non-hydrogen) atoms. The quantitative estimate of drug-likeness (QED) is 0.672. The van der Waals surface area contributed by atoms with Gasteiger partial charge in [-0.25, -0.2) is 4.79 Å². The Balaban J connectivity index is 2.60. The van der Waals surface area contributed by atoms with Gasteiger partial charge in [-0.2, -0.15) is 0 Å². The lowest BCUT2D eigenvalue weighted by atomic mass is 9.82. The van der Waals surface area contributed by atoms with E-state index >= 15 is 0 Å². The Kier molecular flexibility index (Phi) is 5.99. The number of aliphatic carboxylic acids is 1. The van der Waals surface area contributed by atoms with Crippen molar-refractivity contribution in [3.8, 4) is 0 Å². The average Bonchev–Trinajstić information content (AvgIpc) is 2.48. The number of carboxylic acid groups (broad SMARTS) is 1. The molecule has 1 aliphatic rings. The third-order valence-electron chi connectivity index (χ3n) is 4.50. The molecule has 7 nitrogen and oxygen atoms in total. The number of nitrogens with zero attached hydrogens (tertiary/aromatic N) is 1. The molecule has 0 aromatic heterocycles. The summed E-state index contributed by atoms with van der Waals surface area (Å²) in [6.07, 6.45) is 2.32. The summed E-state index contributed by atoms with van der Waals surface area (Å²) in [7, 11) is 0. The molecular weight excluding hydrogens is 274 g/mol. The van der Waals surface area contributed by atoms with Crippen LogP contribution in [0.4, 0.5) is 4.79 Å². The summed E-state index contributed by atoms with van der Waals surface area (Å²) in [5.74, 6) is -1.61. The fourth-order valence-electron chi connectivity index (χ4n) is 2.63. The molecule has 0 aromatic carbocycles. The fourth-order valence-corrected chi connectivity index (χ4v) is 2.63. The van der Waals surface area contributed by atoms with Crippen LogP contribution in [-0.2, 0) is 9.59 Å². The van der Waals surface area contributed by atoms with Gasteiger partial charge in [-0.15, -0.1) is 0 Å². The highest BCUT2D eigenvalue weighted by Crippen LogP contribution is 2.26. The molecule has 1 aliphatic heterocycles. The number of piperidine rings is 1. The standard InChI is InChI=1S/C14H25N3O4/c1-3-14(4-2,12(19)20)9-16-13(21)17-7-5-6-10(8-17)11(15)18/h10H,3-9H2,1-2H3,(H2,15,18)(H,16,21)(H,19,20). The molecule has 7 heteroatoms. The highest BCUT2D eigenvalue weighted by atomic mass is 16.4. The molecule has 4 N–H and O–H groups in total. The van der Waals surface area contributed by atoms with Gasteiger partial charge in [0.05, 0.1) is 11.3 Å². The maximum Gasteiger partial charge on any atom is 0.317 e. The lowest BCUT2D eigenvalue weighted by Gasteiger charge is -2.33. The van der Waals surface area contributed by atoms with Gasteiger partial charge in [-0.05, 0) is 25.7 Å². The molecule has 0 aliphatic carbocycles. The molecule has 0 spiro atoms. The average molecular weight is 299 g/mol. The minimum Gasteiger partial charge on any atom is -0.481 e. The van der Waals surface area contributed by atoms with Gasteiger partial charge in [0.2, 0.25) is 5.91 Å². The van der Waals surface area contributed by atoms with Gasteiger partial charge in [-0.1, -0.05) is 13.8 Å². The summed E-state index contributed by atoms with van der Waals surface area (Å²) in [6.45, 7) is 4.56. The normalized spacial score (nSPS) is 19.1. The van der Waals surface area contributed by atoms with E-state index in [0.29, 0.717) is 32.4 Å². The summed E-state index contributed by atoms with van der Waals surface area (Å²) in [5, 5.41) is 12.0. The van der Waals surface area contributed by atoms with E-state index in [1.165, 1.54) is 4.90 Å². The molecule has 3 amide bonds. The minimum atomic E-state index is -0.936. The van der Waals surface area contributed by atoms with Crippen molar-refractivity contribution in [3.63, 3.8) is 0 Å². The van der Waals surface area contributed by atoms with Gasteiger partial charge in [0.25, 0.3) is 0 Å². The molecule has 0 bridgehead atoms. The maximum atomic E-state index is 12.1. The highest BCUT2D eigenvalue weighted by molar-refractivity contribution is 5.80. The SMILES string of the molecule is CCC(CC)(CNC(=O)N1CCCC(C(N)=O)C1)C(=O)O. The van der Waals surface area contributed by atoms with E-state index in [9.17, 15) is 19.5 Å². The van der Waals surface area contributed by atoms with Crippen LogP contribution in [0.5, 0.6) is 0 Å². The van der Waals surface area contributed by atoms with Crippen LogP contribution < -0.4 is 11.1 Å². The molecular formula is C14H25N3O4. The van der Waals surface area contributed by atoms with Crippen LogP contribution in [0.1, 0.15) is 39.5 Å². The van der Waals surface area contributed by atoms with Crippen molar-refractivity contribution in [3.05, 3.63) is 0 Å². The molecule has 1 fully saturated rings. The highest BCUT2D eigenvalue weighted by Gasteiger charge is 2.36. The summed E-state index contributed by atoms with van der Waals surface area (Å²) in [6, 6.07) is -0.325. The van der Waals surface area contributed by atoms with E-state index in [1.54, 1.807) is 13.8 Å². The van der Waals surface area contributed by atoms with Gasteiger partial charge in [-0.3, -0.25) is 9.59 Å². The molecule has 1 rings (SSSR count). The van der Waals surface area contributed by atoms with Gasteiger partial charge in [0.15, 0.2) is 0 Å². The van der Waals surface area contributed by atoms with E-state index in [4.69, 9.17) is 5.73 Å². The largest absolute Gasteiger partial charge is 0.481 e. The molecule has 1 heterocycles. The lowest BCUT2D eigenvalue weighted by molar-refractivity contribution is -0.149. The third-order valence-corrected chi connectivity index (χ3v) is 4.50. The number of primary amides is 1. The molecule has 0 radical (unpaired) electrons. The summed E-state index contributed by atoms with van der Waals surface area (Å²) >= 11 is 0. The summed E-state index contributed by atoms with van der Waals surface area (Å²) in [5.41, 5.74) is 4.34. The number of hydrogen-bond donors (Lipinski definition) is 3. The van der Waals surface area contributed by atoms with Gasteiger partial charge < -0.3 is 21.1 Å². The fraction of sp³-hybridized carbons (Fsp3) is 0.786. The van der Waals surface area contributed by atoms with E-state index < -0.39 is 17.3 Å². The number of rotatable bonds is 6. The zero-order valence-electron chi connectivity index (χ0n) is 12.7. The summed E-state index contributed by atoms with van der Waals surface area (Å²) < 4.78 is 0. The predicted molar refractivity (Wildman–Crippen MR) is 77.5 cm³/mol. The predicted octanol–water partition coefficient (Wildman–Crippen LogP) is 0.784. The molecule has 0 aromatic rings. The van der Waals surface area contributed by atoms with E-state index in [2.05, 4.69) is 5.32 Å². The van der Waals surface area contributed by atoms with Crippen LogP contribution in [0.15, 0.2) is 0 Å². The number of urea groups is 1. The van der Waals surface area contributed by atoms with Crippen LogP contribution >= 0.6 is 0 Å². The smallest absolute Gasteiger partial charge is 0.317 e. The first-order valence-corrected chi connectivity index (χ1v) is 7.41. The number of amides is 3. The molecule has 1 unspecified atom stereocenters. The van der Waals surface area contributed by atoms with Crippen molar-refractivity contribution >= 4 is 17.9 Å². The van der Waals surface area contributed by atoms with Crippen LogP contribution in [0.3, 0.4) is 0 Å². The number of likely N-dealkylation sites (tertiary alicyclic amines) is 1. The second kappa shape index (κ2) is 7.28. The number of hydrogen-bond acceptors (Lipinski definition) is 3. The molecule has 0 saturated carbocycles.